The van der Waals surface area contributed by atoms with Gasteiger partial charge in [-0.1, -0.05) is 6.92 Å². The number of benzene rings is 1. The highest BCUT2D eigenvalue weighted by atomic mass is 32.1. The molecule has 1 unspecified atom stereocenters. The molecule has 5 heteroatoms. The zero-order valence-electron chi connectivity index (χ0n) is 10.0. The number of anilines is 2. The molecule has 0 saturated carbocycles. The Labute approximate surface area is 104 Å². The van der Waals surface area contributed by atoms with Crippen LogP contribution in [0.4, 0.5) is 11.4 Å². The molecule has 4 nitrogen and oxygen atoms in total. The molecule has 92 valence electrons. The smallest absolute Gasteiger partial charge is 0.106 e. The van der Waals surface area contributed by atoms with Gasteiger partial charge in [-0.15, -0.1) is 11.3 Å². The van der Waals surface area contributed by atoms with Crippen LogP contribution in [0.5, 0.6) is 0 Å². The van der Waals surface area contributed by atoms with Crippen LogP contribution in [0.3, 0.4) is 0 Å². The summed E-state index contributed by atoms with van der Waals surface area (Å²) in [6, 6.07) is 3.94. The number of hydrogen-bond acceptors (Lipinski definition) is 5. The second kappa shape index (κ2) is 4.50. The fourth-order valence-corrected chi connectivity index (χ4v) is 2.32. The fraction of sp³-hybridized carbons (Fsp3) is 0.417. The summed E-state index contributed by atoms with van der Waals surface area (Å²) in [5.41, 5.74) is 9.83. The lowest BCUT2D eigenvalue weighted by atomic mass is 9.99. The predicted octanol–water partition coefficient (Wildman–Crippen LogP) is 2.45. The Morgan fingerprint density at radius 3 is 2.94 bits per heavy atom. The van der Waals surface area contributed by atoms with E-state index in [0.29, 0.717) is 5.69 Å². The standard InChI is InChI=1S/C12H17N3OS/c1-3-12(2,6-16)15-8-4-5-9-11(10(8)13)14-7-17-9/h4-5,7,15-16H,3,6,13H2,1-2H3. The number of nitrogens with two attached hydrogens (primary N) is 1. The van der Waals surface area contributed by atoms with E-state index in [0.717, 1.165) is 22.3 Å². The molecule has 1 heterocycles. The summed E-state index contributed by atoms with van der Waals surface area (Å²) >= 11 is 1.57. The van der Waals surface area contributed by atoms with Gasteiger partial charge in [-0.3, -0.25) is 0 Å². The molecule has 0 spiro atoms. The first-order chi connectivity index (χ1) is 8.09. The average Bonchev–Trinajstić information content (AvgIpc) is 2.82. The van der Waals surface area contributed by atoms with Gasteiger partial charge in [-0.2, -0.15) is 0 Å². The van der Waals surface area contributed by atoms with Gasteiger partial charge in [0.2, 0.25) is 0 Å². The van der Waals surface area contributed by atoms with Gasteiger partial charge in [-0.05, 0) is 25.5 Å². The maximum absolute atomic E-state index is 9.39. The lowest BCUT2D eigenvalue weighted by Gasteiger charge is -2.29. The van der Waals surface area contributed by atoms with E-state index >= 15 is 0 Å². The second-order valence-corrected chi connectivity index (χ2v) is 5.31. The minimum atomic E-state index is -0.349. The number of nitrogen functional groups attached to an aromatic ring is 1. The molecule has 1 aromatic heterocycles. The quantitative estimate of drug-likeness (QED) is 0.730. The first-order valence-electron chi connectivity index (χ1n) is 5.60. The van der Waals surface area contributed by atoms with Gasteiger partial charge in [-0.25, -0.2) is 4.98 Å². The summed E-state index contributed by atoms with van der Waals surface area (Å²) in [6.07, 6.45) is 0.818. The molecular formula is C12H17N3OS. The van der Waals surface area contributed by atoms with Crippen LogP contribution in [0.25, 0.3) is 10.2 Å². The highest BCUT2D eigenvalue weighted by Gasteiger charge is 2.21. The van der Waals surface area contributed by atoms with Gasteiger partial charge in [0, 0.05) is 0 Å². The highest BCUT2D eigenvalue weighted by Crippen LogP contribution is 2.32. The lowest BCUT2D eigenvalue weighted by molar-refractivity contribution is 0.219. The summed E-state index contributed by atoms with van der Waals surface area (Å²) < 4.78 is 1.08. The number of nitrogens with zero attached hydrogens (tertiary/aromatic N) is 1. The minimum Gasteiger partial charge on any atom is -0.395 e. The van der Waals surface area contributed by atoms with Crippen molar-refractivity contribution in [3.63, 3.8) is 0 Å². The summed E-state index contributed by atoms with van der Waals surface area (Å²) in [6.45, 7) is 4.07. The molecule has 2 aromatic rings. The molecule has 0 aliphatic heterocycles. The van der Waals surface area contributed by atoms with Crippen LogP contribution in [0.1, 0.15) is 20.3 Å². The van der Waals surface area contributed by atoms with Crippen molar-refractivity contribution in [2.24, 2.45) is 0 Å². The van der Waals surface area contributed by atoms with Crippen LogP contribution in [0.15, 0.2) is 17.6 Å². The zero-order valence-corrected chi connectivity index (χ0v) is 10.8. The van der Waals surface area contributed by atoms with Crippen molar-refractivity contribution in [3.05, 3.63) is 17.6 Å². The second-order valence-electron chi connectivity index (χ2n) is 4.42. The maximum Gasteiger partial charge on any atom is 0.106 e. The number of aromatic nitrogens is 1. The molecular weight excluding hydrogens is 234 g/mol. The molecule has 0 amide bonds. The minimum absolute atomic E-state index is 0.0675. The third-order valence-electron chi connectivity index (χ3n) is 3.11. The Morgan fingerprint density at radius 2 is 2.29 bits per heavy atom. The molecule has 4 N–H and O–H groups in total. The number of hydrogen-bond donors (Lipinski definition) is 3. The van der Waals surface area contributed by atoms with Crippen LogP contribution >= 0.6 is 11.3 Å². The van der Waals surface area contributed by atoms with Gasteiger partial charge < -0.3 is 16.2 Å². The number of aliphatic hydroxyl groups is 1. The van der Waals surface area contributed by atoms with E-state index in [9.17, 15) is 5.11 Å². The number of fused-ring (bicyclic) bond motifs is 1. The van der Waals surface area contributed by atoms with Gasteiger partial charge in [0.15, 0.2) is 0 Å². The molecule has 17 heavy (non-hydrogen) atoms. The van der Waals surface area contributed by atoms with Crippen LogP contribution in [0.2, 0.25) is 0 Å². The summed E-state index contributed by atoms with van der Waals surface area (Å²) in [7, 11) is 0. The molecule has 1 atom stereocenters. The Kier molecular flexibility index (Phi) is 3.22. The SMILES string of the molecule is CCC(C)(CO)Nc1ccc2scnc2c1N. The van der Waals surface area contributed by atoms with Crippen LogP contribution in [-0.2, 0) is 0 Å². The Balaban J connectivity index is 2.39. The van der Waals surface area contributed by atoms with Crippen molar-refractivity contribution in [1.29, 1.82) is 0 Å². The van der Waals surface area contributed by atoms with E-state index in [4.69, 9.17) is 5.73 Å². The van der Waals surface area contributed by atoms with Crippen molar-refractivity contribution in [2.75, 3.05) is 17.7 Å². The number of aliphatic hydroxyl groups excluding tert-OH is 1. The van der Waals surface area contributed by atoms with Gasteiger partial charge in [0.1, 0.15) is 5.52 Å². The third kappa shape index (κ3) is 2.21. The zero-order chi connectivity index (χ0) is 12.5. The average molecular weight is 251 g/mol. The molecule has 0 bridgehead atoms. The van der Waals surface area contributed by atoms with Crippen molar-refractivity contribution in [1.82, 2.24) is 4.98 Å². The fourth-order valence-electron chi connectivity index (χ4n) is 1.63. The van der Waals surface area contributed by atoms with Crippen LogP contribution in [-0.4, -0.2) is 22.2 Å². The van der Waals surface area contributed by atoms with Gasteiger partial charge in [0.25, 0.3) is 0 Å². The van der Waals surface area contributed by atoms with Crippen molar-refractivity contribution in [3.8, 4) is 0 Å². The van der Waals surface area contributed by atoms with E-state index in [2.05, 4.69) is 10.3 Å². The summed E-state index contributed by atoms with van der Waals surface area (Å²) in [5, 5.41) is 12.7. The van der Waals surface area contributed by atoms with E-state index in [1.54, 1.807) is 16.8 Å². The molecule has 0 fully saturated rings. The molecule has 0 aliphatic rings. The molecule has 0 aliphatic carbocycles. The number of thiazole rings is 1. The highest BCUT2D eigenvalue weighted by molar-refractivity contribution is 7.16. The normalized spacial score (nSPS) is 14.8. The molecule has 0 radical (unpaired) electrons. The van der Waals surface area contributed by atoms with Crippen molar-refractivity contribution >= 4 is 32.9 Å². The van der Waals surface area contributed by atoms with Crippen LogP contribution in [0, 0.1) is 0 Å². The topological polar surface area (TPSA) is 71.2 Å². The van der Waals surface area contributed by atoms with Gasteiger partial charge >= 0.3 is 0 Å². The number of nitrogens with one attached hydrogen (secondary N) is 1. The Bertz CT molecular complexity index is 519. The summed E-state index contributed by atoms with van der Waals surface area (Å²) in [4.78, 5) is 4.25. The Morgan fingerprint density at radius 1 is 1.53 bits per heavy atom. The number of rotatable bonds is 4. The van der Waals surface area contributed by atoms with Crippen LogP contribution < -0.4 is 11.1 Å². The van der Waals surface area contributed by atoms with E-state index < -0.39 is 0 Å². The monoisotopic (exact) mass is 251 g/mol. The molecule has 2 rings (SSSR count). The largest absolute Gasteiger partial charge is 0.395 e. The first-order valence-corrected chi connectivity index (χ1v) is 6.48. The van der Waals surface area contributed by atoms with E-state index in [1.165, 1.54) is 0 Å². The first kappa shape index (κ1) is 12.1. The Hall–Kier alpha value is -1.33. The predicted molar refractivity (Wildman–Crippen MR) is 73.4 cm³/mol. The van der Waals surface area contributed by atoms with E-state index in [-0.39, 0.29) is 12.1 Å². The van der Waals surface area contributed by atoms with Gasteiger partial charge in [0.05, 0.1) is 33.7 Å². The summed E-state index contributed by atoms with van der Waals surface area (Å²) in [5.74, 6) is 0. The van der Waals surface area contributed by atoms with Crippen molar-refractivity contribution in [2.45, 2.75) is 25.8 Å². The van der Waals surface area contributed by atoms with Crippen molar-refractivity contribution < 1.29 is 5.11 Å². The van der Waals surface area contributed by atoms with E-state index in [1.807, 2.05) is 26.0 Å². The molecule has 1 aromatic carbocycles. The maximum atomic E-state index is 9.39. The third-order valence-corrected chi connectivity index (χ3v) is 3.90. The lowest BCUT2D eigenvalue weighted by Crippen LogP contribution is -2.38. The molecule has 0 saturated heterocycles.